The third-order valence-corrected chi connectivity index (χ3v) is 2.52. The van der Waals surface area contributed by atoms with Gasteiger partial charge >= 0.3 is 5.97 Å². The first kappa shape index (κ1) is 14.4. The fourth-order valence-corrected chi connectivity index (χ4v) is 2.07. The molecular weight excluding hydrogens is 224 g/mol. The zero-order chi connectivity index (χ0) is 13.3. The topological polar surface area (TPSA) is 65.0 Å². The summed E-state index contributed by atoms with van der Waals surface area (Å²) < 4.78 is 15.6. The molecule has 0 saturated carbocycles. The summed E-state index contributed by atoms with van der Waals surface area (Å²) in [6.07, 6.45) is 0.278. The van der Waals surface area contributed by atoms with E-state index < -0.39 is 11.8 Å². The van der Waals surface area contributed by atoms with Crippen molar-refractivity contribution >= 4 is 5.97 Å². The molecule has 0 aromatic carbocycles. The van der Waals surface area contributed by atoms with E-state index in [1.165, 1.54) is 7.11 Å². The Morgan fingerprint density at radius 3 is 2.53 bits per heavy atom. The van der Waals surface area contributed by atoms with Crippen LogP contribution in [-0.4, -0.2) is 41.8 Å². The number of ether oxygens (including phenoxy) is 3. The Hall–Kier alpha value is -0.650. The maximum Gasteiger partial charge on any atom is 0.366 e. The smallest absolute Gasteiger partial charge is 0.366 e. The number of methoxy groups -OCH3 is 1. The van der Waals surface area contributed by atoms with Crippen LogP contribution in [-0.2, 0) is 19.0 Å². The van der Waals surface area contributed by atoms with Crippen molar-refractivity contribution in [3.05, 3.63) is 0 Å². The van der Waals surface area contributed by atoms with E-state index in [0.29, 0.717) is 6.42 Å². The number of rotatable bonds is 2. The number of aliphatic hydroxyl groups is 1. The maximum atomic E-state index is 11.5. The molecule has 0 aliphatic carbocycles. The lowest BCUT2D eigenvalue weighted by molar-refractivity contribution is -0.278. The van der Waals surface area contributed by atoms with Gasteiger partial charge in [0.25, 0.3) is 5.79 Å². The number of carbonyl (C=O) groups is 1. The fourth-order valence-electron chi connectivity index (χ4n) is 2.07. The highest BCUT2D eigenvalue weighted by molar-refractivity contribution is 5.77. The monoisotopic (exact) mass is 246 g/mol. The second-order valence-corrected chi connectivity index (χ2v) is 5.50. The van der Waals surface area contributed by atoms with Crippen LogP contribution in [0, 0.1) is 0 Å². The van der Waals surface area contributed by atoms with E-state index in [1.807, 2.05) is 20.8 Å². The molecule has 0 aromatic rings. The normalized spacial score (nSPS) is 34.5. The van der Waals surface area contributed by atoms with Crippen LogP contribution in [0.25, 0.3) is 0 Å². The van der Waals surface area contributed by atoms with Crippen molar-refractivity contribution in [2.45, 2.75) is 64.1 Å². The van der Waals surface area contributed by atoms with Crippen molar-refractivity contribution < 1.29 is 24.1 Å². The summed E-state index contributed by atoms with van der Waals surface area (Å²) in [5, 5.41) is 10.1. The Bertz CT molecular complexity index is 283. The van der Waals surface area contributed by atoms with Crippen LogP contribution < -0.4 is 0 Å². The number of carbonyl (C=O) groups excluding carboxylic acids is 1. The van der Waals surface area contributed by atoms with Gasteiger partial charge in [-0.15, -0.1) is 0 Å². The van der Waals surface area contributed by atoms with Crippen molar-refractivity contribution in [2.75, 3.05) is 7.11 Å². The second kappa shape index (κ2) is 4.92. The molecule has 1 N–H and O–H groups in total. The predicted molar refractivity (Wildman–Crippen MR) is 61.4 cm³/mol. The standard InChI is InChI=1S/C12H22O5/c1-8-6-9(17-11(2,3)4)7-12(14,16-8)10(13)15-5/h8-9,14H,6-7H2,1-5H3/t8-,9-,12+/m1/s1. The van der Waals surface area contributed by atoms with Crippen LogP contribution in [0.1, 0.15) is 40.5 Å². The van der Waals surface area contributed by atoms with Gasteiger partial charge in [0.2, 0.25) is 0 Å². The van der Waals surface area contributed by atoms with E-state index in [0.717, 1.165) is 0 Å². The van der Waals surface area contributed by atoms with Gasteiger partial charge in [0.05, 0.1) is 24.9 Å². The quantitative estimate of drug-likeness (QED) is 0.742. The molecule has 5 nitrogen and oxygen atoms in total. The molecule has 0 aromatic heterocycles. The molecule has 1 aliphatic rings. The minimum Gasteiger partial charge on any atom is -0.465 e. The zero-order valence-electron chi connectivity index (χ0n) is 11.1. The Morgan fingerprint density at radius 2 is 2.06 bits per heavy atom. The first-order valence-electron chi connectivity index (χ1n) is 5.83. The molecule has 0 radical (unpaired) electrons. The average molecular weight is 246 g/mol. The van der Waals surface area contributed by atoms with Gasteiger partial charge in [-0.05, 0) is 34.1 Å². The molecule has 1 rings (SSSR count). The lowest BCUT2D eigenvalue weighted by Crippen LogP contribution is -2.53. The first-order chi connectivity index (χ1) is 7.66. The maximum absolute atomic E-state index is 11.5. The summed E-state index contributed by atoms with van der Waals surface area (Å²) in [6, 6.07) is 0. The highest BCUT2D eigenvalue weighted by Crippen LogP contribution is 2.31. The van der Waals surface area contributed by atoms with Gasteiger partial charge < -0.3 is 19.3 Å². The average Bonchev–Trinajstić information content (AvgIpc) is 2.11. The van der Waals surface area contributed by atoms with Gasteiger partial charge in [-0.25, -0.2) is 4.79 Å². The van der Waals surface area contributed by atoms with Crippen LogP contribution in [0.3, 0.4) is 0 Å². The Kier molecular flexibility index (Phi) is 4.17. The summed E-state index contributed by atoms with van der Waals surface area (Å²) in [5.74, 6) is -2.66. The van der Waals surface area contributed by atoms with E-state index in [4.69, 9.17) is 9.47 Å². The molecule has 0 unspecified atom stereocenters. The van der Waals surface area contributed by atoms with Gasteiger partial charge in [-0.2, -0.15) is 0 Å². The van der Waals surface area contributed by atoms with Gasteiger partial charge in [0, 0.05) is 6.42 Å². The predicted octanol–water partition coefficient (Wildman–Crippen LogP) is 1.23. The molecule has 0 amide bonds. The summed E-state index contributed by atoms with van der Waals surface area (Å²) in [5.41, 5.74) is -0.321. The minimum absolute atomic E-state index is 0.0985. The molecule has 1 fully saturated rings. The molecule has 0 spiro atoms. The summed E-state index contributed by atoms with van der Waals surface area (Å²) in [7, 11) is 1.22. The van der Waals surface area contributed by atoms with E-state index >= 15 is 0 Å². The summed E-state index contributed by atoms with van der Waals surface area (Å²) >= 11 is 0. The Morgan fingerprint density at radius 1 is 1.47 bits per heavy atom. The van der Waals surface area contributed by atoms with Crippen molar-refractivity contribution in [2.24, 2.45) is 0 Å². The van der Waals surface area contributed by atoms with E-state index in [1.54, 1.807) is 6.92 Å². The van der Waals surface area contributed by atoms with Crippen LogP contribution in [0.2, 0.25) is 0 Å². The molecular formula is C12H22O5. The van der Waals surface area contributed by atoms with Gasteiger partial charge in [-0.3, -0.25) is 0 Å². The number of hydrogen-bond donors (Lipinski definition) is 1. The molecule has 1 saturated heterocycles. The van der Waals surface area contributed by atoms with Gasteiger partial charge in [0.15, 0.2) is 0 Å². The van der Waals surface area contributed by atoms with E-state index in [2.05, 4.69) is 4.74 Å². The molecule has 17 heavy (non-hydrogen) atoms. The minimum atomic E-state index is -1.89. The number of esters is 1. The second-order valence-electron chi connectivity index (χ2n) is 5.50. The molecule has 100 valence electrons. The van der Waals surface area contributed by atoms with Crippen LogP contribution in [0.5, 0.6) is 0 Å². The lowest BCUT2D eigenvalue weighted by Gasteiger charge is -2.40. The van der Waals surface area contributed by atoms with Crippen LogP contribution in [0.4, 0.5) is 0 Å². The van der Waals surface area contributed by atoms with Crippen LogP contribution >= 0.6 is 0 Å². The Labute approximate surface area is 102 Å². The fraction of sp³-hybridized carbons (Fsp3) is 0.917. The molecule has 3 atom stereocenters. The summed E-state index contributed by atoms with van der Waals surface area (Å²) in [4.78, 5) is 11.5. The van der Waals surface area contributed by atoms with Crippen molar-refractivity contribution in [1.29, 1.82) is 0 Å². The Balaban J connectivity index is 2.75. The van der Waals surface area contributed by atoms with Gasteiger partial charge in [0.1, 0.15) is 0 Å². The highest BCUT2D eigenvalue weighted by atomic mass is 16.7. The zero-order valence-corrected chi connectivity index (χ0v) is 11.1. The first-order valence-corrected chi connectivity index (χ1v) is 5.83. The highest BCUT2D eigenvalue weighted by Gasteiger charge is 2.47. The third kappa shape index (κ3) is 3.94. The SMILES string of the molecule is COC(=O)[C@]1(O)C[C@H](OC(C)(C)C)C[C@@H](C)O1. The largest absolute Gasteiger partial charge is 0.465 e. The van der Waals surface area contributed by atoms with Gasteiger partial charge in [-0.1, -0.05) is 0 Å². The lowest BCUT2D eigenvalue weighted by atomic mass is 9.98. The van der Waals surface area contributed by atoms with E-state index in [-0.39, 0.29) is 24.2 Å². The molecule has 5 heteroatoms. The van der Waals surface area contributed by atoms with Crippen LogP contribution in [0.15, 0.2) is 0 Å². The summed E-state index contributed by atoms with van der Waals surface area (Å²) in [6.45, 7) is 7.60. The van der Waals surface area contributed by atoms with Crippen molar-refractivity contribution in [3.8, 4) is 0 Å². The van der Waals surface area contributed by atoms with Crippen molar-refractivity contribution in [3.63, 3.8) is 0 Å². The third-order valence-electron chi connectivity index (χ3n) is 2.52. The number of hydrogen-bond acceptors (Lipinski definition) is 5. The molecule has 1 aliphatic heterocycles. The van der Waals surface area contributed by atoms with Crippen molar-refractivity contribution in [1.82, 2.24) is 0 Å². The molecule has 0 bridgehead atoms. The van der Waals surface area contributed by atoms with E-state index in [9.17, 15) is 9.90 Å². The molecule has 1 heterocycles.